The number of carbonyl (C=O) groups is 1. The zero-order valence-corrected chi connectivity index (χ0v) is 23.6. The van der Waals surface area contributed by atoms with Crippen LogP contribution in [0.4, 0.5) is 0 Å². The van der Waals surface area contributed by atoms with Gasteiger partial charge in [0.15, 0.2) is 0 Å². The van der Waals surface area contributed by atoms with E-state index < -0.39 is 24.2 Å². The molecule has 0 aromatic carbocycles. The summed E-state index contributed by atoms with van der Waals surface area (Å²) < 4.78 is 0. The Bertz CT molecular complexity index is 535. The van der Waals surface area contributed by atoms with Gasteiger partial charge in [0.25, 0.3) is 0 Å². The van der Waals surface area contributed by atoms with Gasteiger partial charge in [0, 0.05) is 0 Å². The lowest BCUT2D eigenvalue weighted by Gasteiger charge is -2.21. The Morgan fingerprint density at radius 2 is 1.14 bits per heavy atom. The van der Waals surface area contributed by atoms with E-state index in [1.54, 1.807) is 6.08 Å². The molecule has 5 heteroatoms. The molecule has 0 aliphatic rings. The first-order valence-corrected chi connectivity index (χ1v) is 15.2. The van der Waals surface area contributed by atoms with Crippen LogP contribution in [0.25, 0.3) is 0 Å². The van der Waals surface area contributed by atoms with Crippen LogP contribution in [0.3, 0.4) is 0 Å². The van der Waals surface area contributed by atoms with E-state index in [0.29, 0.717) is 6.42 Å². The molecule has 212 valence electrons. The molecule has 0 aliphatic heterocycles. The molecule has 0 aliphatic carbocycles. The summed E-state index contributed by atoms with van der Waals surface area (Å²) >= 11 is 0. The molecule has 3 atom stereocenters. The minimum atomic E-state index is -1.10. The number of carbonyl (C=O) groups excluding carboxylic acids is 1. The van der Waals surface area contributed by atoms with Crippen LogP contribution in [-0.2, 0) is 4.79 Å². The monoisotopic (exact) mass is 509 g/mol. The minimum absolute atomic E-state index is 0.375. The molecular weight excluding hydrogens is 450 g/mol. The number of amides is 1. The summed E-state index contributed by atoms with van der Waals surface area (Å²) in [7, 11) is 0. The van der Waals surface area contributed by atoms with Crippen molar-refractivity contribution in [1.82, 2.24) is 5.32 Å². The van der Waals surface area contributed by atoms with Gasteiger partial charge in [0.05, 0.1) is 18.8 Å². The number of rotatable bonds is 26. The molecule has 1 amide bonds. The molecular formula is C31H59NO4. The number of aliphatic hydroxyl groups is 3. The SMILES string of the molecule is CCCCCCCCC/C=C/CC/C=C/[C@@H](O)[C@H](CO)NC(=O)[C@@H](O)CCCCCCCCCCC. The largest absolute Gasteiger partial charge is 0.394 e. The highest BCUT2D eigenvalue weighted by molar-refractivity contribution is 5.80. The average Bonchev–Trinajstić information content (AvgIpc) is 2.88. The zero-order chi connectivity index (χ0) is 26.7. The first-order valence-electron chi connectivity index (χ1n) is 15.2. The molecule has 5 nitrogen and oxygen atoms in total. The fourth-order valence-corrected chi connectivity index (χ4v) is 4.31. The molecule has 0 aromatic rings. The van der Waals surface area contributed by atoms with E-state index in [-0.39, 0.29) is 6.61 Å². The van der Waals surface area contributed by atoms with Crippen LogP contribution in [0.2, 0.25) is 0 Å². The molecule has 0 unspecified atom stereocenters. The van der Waals surface area contributed by atoms with Gasteiger partial charge in [-0.3, -0.25) is 4.79 Å². The Morgan fingerprint density at radius 1 is 0.667 bits per heavy atom. The number of nitrogens with one attached hydrogen (secondary N) is 1. The Labute approximate surface area is 222 Å². The lowest BCUT2D eigenvalue weighted by molar-refractivity contribution is -0.131. The van der Waals surface area contributed by atoms with Crippen molar-refractivity contribution < 1.29 is 20.1 Å². The van der Waals surface area contributed by atoms with Gasteiger partial charge in [-0.2, -0.15) is 0 Å². The summed E-state index contributed by atoms with van der Waals surface area (Å²) in [5, 5.41) is 32.6. The number of aliphatic hydroxyl groups excluding tert-OH is 3. The Hall–Kier alpha value is -1.17. The van der Waals surface area contributed by atoms with Crippen LogP contribution >= 0.6 is 0 Å². The van der Waals surface area contributed by atoms with Gasteiger partial charge < -0.3 is 20.6 Å². The van der Waals surface area contributed by atoms with E-state index >= 15 is 0 Å². The van der Waals surface area contributed by atoms with Crippen molar-refractivity contribution in [3.8, 4) is 0 Å². The van der Waals surface area contributed by atoms with Crippen molar-refractivity contribution in [3.05, 3.63) is 24.3 Å². The maximum Gasteiger partial charge on any atom is 0.249 e. The van der Waals surface area contributed by atoms with Gasteiger partial charge in [-0.1, -0.05) is 134 Å². The van der Waals surface area contributed by atoms with Crippen LogP contribution in [-0.4, -0.2) is 46.1 Å². The quantitative estimate of drug-likeness (QED) is 0.0737. The predicted molar refractivity (Wildman–Crippen MR) is 153 cm³/mol. The van der Waals surface area contributed by atoms with E-state index in [1.165, 1.54) is 83.5 Å². The summed E-state index contributed by atoms with van der Waals surface area (Å²) in [6, 6.07) is -0.806. The second-order valence-corrected chi connectivity index (χ2v) is 10.3. The van der Waals surface area contributed by atoms with Crippen LogP contribution in [0.5, 0.6) is 0 Å². The summed E-state index contributed by atoms with van der Waals surface area (Å²) in [6.07, 6.45) is 29.0. The minimum Gasteiger partial charge on any atom is -0.394 e. The molecule has 0 bridgehead atoms. The summed E-state index contributed by atoms with van der Waals surface area (Å²) in [5.74, 6) is -0.519. The highest BCUT2D eigenvalue weighted by atomic mass is 16.3. The van der Waals surface area contributed by atoms with Crippen molar-refractivity contribution in [2.45, 2.75) is 161 Å². The van der Waals surface area contributed by atoms with Gasteiger partial charge in [-0.25, -0.2) is 0 Å². The molecule has 4 N–H and O–H groups in total. The van der Waals surface area contributed by atoms with Crippen molar-refractivity contribution in [2.24, 2.45) is 0 Å². The lowest BCUT2D eigenvalue weighted by Crippen LogP contribution is -2.48. The molecule has 0 saturated heterocycles. The van der Waals surface area contributed by atoms with Gasteiger partial charge >= 0.3 is 0 Å². The Balaban J connectivity index is 3.90. The number of unbranched alkanes of at least 4 members (excludes halogenated alkanes) is 16. The Kier molecular flexibility index (Phi) is 26.0. The second kappa shape index (κ2) is 26.9. The van der Waals surface area contributed by atoms with Crippen LogP contribution in [0.1, 0.15) is 142 Å². The number of hydrogen-bond acceptors (Lipinski definition) is 4. The third kappa shape index (κ3) is 22.1. The highest BCUT2D eigenvalue weighted by Gasteiger charge is 2.22. The average molecular weight is 510 g/mol. The van der Waals surface area contributed by atoms with Gasteiger partial charge in [0.1, 0.15) is 6.10 Å². The summed E-state index contributed by atoms with van der Waals surface area (Å²) in [5.41, 5.74) is 0. The number of hydrogen-bond donors (Lipinski definition) is 4. The number of allylic oxidation sites excluding steroid dienone is 3. The fraction of sp³-hybridized carbons (Fsp3) is 0.839. The van der Waals surface area contributed by atoms with Crippen molar-refractivity contribution in [1.29, 1.82) is 0 Å². The maximum absolute atomic E-state index is 12.3. The normalized spacial score (nSPS) is 14.5. The molecule has 0 aromatic heterocycles. The Morgan fingerprint density at radius 3 is 1.69 bits per heavy atom. The van der Waals surface area contributed by atoms with Crippen molar-refractivity contribution in [2.75, 3.05) is 6.61 Å². The first-order chi connectivity index (χ1) is 17.6. The molecule has 0 rings (SSSR count). The maximum atomic E-state index is 12.3. The third-order valence-corrected chi connectivity index (χ3v) is 6.79. The molecule has 0 fully saturated rings. The topological polar surface area (TPSA) is 89.8 Å². The molecule has 0 heterocycles. The standard InChI is InChI=1S/C31H59NO4/c1-3-5-7-9-11-13-14-15-16-18-19-21-23-25-29(34)28(27-33)32-31(36)30(35)26-24-22-20-17-12-10-8-6-4-2/h16,18,23,25,28-30,33-35H,3-15,17,19-22,24,26-27H2,1-2H3,(H,32,36)/b18-16+,25-23+/t28-,29+,30-/m0/s1. The van der Waals surface area contributed by atoms with E-state index in [4.69, 9.17) is 0 Å². The predicted octanol–water partition coefficient (Wildman–Crippen LogP) is 7.14. The highest BCUT2D eigenvalue weighted by Crippen LogP contribution is 2.12. The second-order valence-electron chi connectivity index (χ2n) is 10.3. The summed E-state index contributed by atoms with van der Waals surface area (Å²) in [4.78, 5) is 12.3. The molecule has 0 radical (unpaired) electrons. The summed E-state index contributed by atoms with van der Waals surface area (Å²) in [6.45, 7) is 4.09. The van der Waals surface area contributed by atoms with E-state index in [0.717, 1.165) is 38.5 Å². The van der Waals surface area contributed by atoms with Gasteiger partial charge in [-0.05, 0) is 32.1 Å². The van der Waals surface area contributed by atoms with Crippen molar-refractivity contribution in [3.63, 3.8) is 0 Å². The van der Waals surface area contributed by atoms with Crippen LogP contribution < -0.4 is 5.32 Å². The van der Waals surface area contributed by atoms with Crippen LogP contribution in [0, 0.1) is 0 Å². The van der Waals surface area contributed by atoms with Gasteiger partial charge in [-0.15, -0.1) is 0 Å². The van der Waals surface area contributed by atoms with E-state index in [9.17, 15) is 20.1 Å². The fourth-order valence-electron chi connectivity index (χ4n) is 4.31. The third-order valence-electron chi connectivity index (χ3n) is 6.79. The molecule has 36 heavy (non-hydrogen) atoms. The van der Waals surface area contributed by atoms with E-state index in [2.05, 4.69) is 31.3 Å². The van der Waals surface area contributed by atoms with E-state index in [1.807, 2.05) is 6.08 Å². The van der Waals surface area contributed by atoms with Crippen LogP contribution in [0.15, 0.2) is 24.3 Å². The first kappa shape index (κ1) is 34.8. The molecule has 0 spiro atoms. The lowest BCUT2D eigenvalue weighted by atomic mass is 10.0. The smallest absolute Gasteiger partial charge is 0.249 e. The zero-order valence-electron chi connectivity index (χ0n) is 23.6. The molecule has 0 saturated carbocycles. The van der Waals surface area contributed by atoms with Gasteiger partial charge in [0.2, 0.25) is 5.91 Å². The van der Waals surface area contributed by atoms with Crippen molar-refractivity contribution >= 4 is 5.91 Å².